The standard InChI is InChI=1S/C13H7BrClFN2/c14-9-2-4-11(16)13(5-9)18-12-6-10(15)3-1-8(12)7-17/h1-6,18H. The first-order valence-electron chi connectivity index (χ1n) is 5.02. The molecule has 0 aliphatic rings. The van der Waals surface area contributed by atoms with Gasteiger partial charge in [-0.3, -0.25) is 0 Å². The van der Waals surface area contributed by atoms with E-state index in [-0.39, 0.29) is 5.69 Å². The summed E-state index contributed by atoms with van der Waals surface area (Å²) in [6, 6.07) is 11.3. The van der Waals surface area contributed by atoms with Gasteiger partial charge in [-0.05, 0) is 36.4 Å². The number of nitrogens with zero attached hydrogens (tertiary/aromatic N) is 1. The summed E-state index contributed by atoms with van der Waals surface area (Å²) >= 11 is 9.12. The van der Waals surface area contributed by atoms with E-state index in [0.717, 1.165) is 4.47 Å². The van der Waals surface area contributed by atoms with Crippen molar-refractivity contribution in [1.82, 2.24) is 0 Å². The van der Waals surface area contributed by atoms with Gasteiger partial charge in [-0.25, -0.2) is 4.39 Å². The number of nitrogens with one attached hydrogen (secondary N) is 1. The molecule has 0 aliphatic heterocycles. The Balaban J connectivity index is 2.43. The zero-order valence-electron chi connectivity index (χ0n) is 9.05. The van der Waals surface area contributed by atoms with Gasteiger partial charge in [-0.1, -0.05) is 27.5 Å². The van der Waals surface area contributed by atoms with Gasteiger partial charge in [-0.15, -0.1) is 0 Å². The minimum Gasteiger partial charge on any atom is -0.352 e. The molecular weight excluding hydrogens is 319 g/mol. The van der Waals surface area contributed by atoms with Crippen molar-refractivity contribution >= 4 is 38.9 Å². The van der Waals surface area contributed by atoms with Crippen LogP contribution in [-0.4, -0.2) is 0 Å². The van der Waals surface area contributed by atoms with Crippen molar-refractivity contribution < 1.29 is 4.39 Å². The van der Waals surface area contributed by atoms with E-state index in [1.54, 1.807) is 30.3 Å². The Morgan fingerprint density at radius 3 is 2.67 bits per heavy atom. The van der Waals surface area contributed by atoms with Crippen molar-refractivity contribution in [3.05, 3.63) is 57.3 Å². The molecule has 0 aliphatic carbocycles. The predicted molar refractivity (Wildman–Crippen MR) is 73.5 cm³/mol. The number of nitriles is 1. The summed E-state index contributed by atoms with van der Waals surface area (Å²) in [5.41, 5.74) is 1.16. The van der Waals surface area contributed by atoms with Crippen molar-refractivity contribution in [2.45, 2.75) is 0 Å². The monoisotopic (exact) mass is 324 g/mol. The third kappa shape index (κ3) is 2.81. The lowest BCUT2D eigenvalue weighted by molar-refractivity contribution is 0.631. The zero-order chi connectivity index (χ0) is 13.1. The van der Waals surface area contributed by atoms with Gasteiger partial charge in [0.1, 0.15) is 11.9 Å². The van der Waals surface area contributed by atoms with Crippen LogP contribution in [0.15, 0.2) is 40.9 Å². The maximum absolute atomic E-state index is 13.6. The predicted octanol–water partition coefficient (Wildman–Crippen LogP) is 4.86. The first kappa shape index (κ1) is 12.9. The largest absolute Gasteiger partial charge is 0.352 e. The summed E-state index contributed by atoms with van der Waals surface area (Å²) in [5.74, 6) is -0.401. The van der Waals surface area contributed by atoms with Crippen molar-refractivity contribution in [2.75, 3.05) is 5.32 Å². The molecule has 18 heavy (non-hydrogen) atoms. The summed E-state index contributed by atoms with van der Waals surface area (Å²) in [6.07, 6.45) is 0. The van der Waals surface area contributed by atoms with Crippen molar-refractivity contribution in [2.24, 2.45) is 0 Å². The molecule has 0 radical (unpaired) electrons. The van der Waals surface area contributed by atoms with E-state index < -0.39 is 5.82 Å². The fourth-order valence-electron chi connectivity index (χ4n) is 1.46. The smallest absolute Gasteiger partial charge is 0.146 e. The minimum atomic E-state index is -0.401. The van der Waals surface area contributed by atoms with Gasteiger partial charge in [0, 0.05) is 9.50 Å². The molecule has 0 heterocycles. The highest BCUT2D eigenvalue weighted by molar-refractivity contribution is 9.10. The molecule has 0 unspecified atom stereocenters. The van der Waals surface area contributed by atoms with Gasteiger partial charge >= 0.3 is 0 Å². The van der Waals surface area contributed by atoms with Gasteiger partial charge in [0.25, 0.3) is 0 Å². The van der Waals surface area contributed by atoms with Crippen LogP contribution in [0.1, 0.15) is 5.56 Å². The number of hydrogen-bond acceptors (Lipinski definition) is 2. The van der Waals surface area contributed by atoms with E-state index >= 15 is 0 Å². The fourth-order valence-corrected chi connectivity index (χ4v) is 1.99. The van der Waals surface area contributed by atoms with Crippen LogP contribution in [0.4, 0.5) is 15.8 Å². The third-order valence-corrected chi connectivity index (χ3v) is 3.03. The number of halogens is 3. The number of rotatable bonds is 2. The second kappa shape index (κ2) is 5.38. The van der Waals surface area contributed by atoms with Gasteiger partial charge in [0.2, 0.25) is 0 Å². The SMILES string of the molecule is N#Cc1ccc(Cl)cc1Nc1cc(Br)ccc1F. The molecule has 0 atom stereocenters. The molecule has 5 heteroatoms. The quantitative estimate of drug-likeness (QED) is 0.856. The first-order chi connectivity index (χ1) is 8.60. The molecule has 2 aromatic rings. The molecule has 0 amide bonds. The molecule has 0 saturated heterocycles. The van der Waals surface area contributed by atoms with E-state index in [1.807, 2.05) is 6.07 Å². The molecule has 2 nitrogen and oxygen atoms in total. The Kier molecular flexibility index (Phi) is 3.85. The average Bonchev–Trinajstić information content (AvgIpc) is 2.34. The summed E-state index contributed by atoms with van der Waals surface area (Å²) in [7, 11) is 0. The second-order valence-corrected chi connectivity index (χ2v) is 4.90. The molecule has 1 N–H and O–H groups in total. The Morgan fingerprint density at radius 1 is 1.17 bits per heavy atom. The van der Waals surface area contributed by atoms with Crippen LogP contribution in [0.5, 0.6) is 0 Å². The highest BCUT2D eigenvalue weighted by Gasteiger charge is 2.07. The highest BCUT2D eigenvalue weighted by atomic mass is 79.9. The number of benzene rings is 2. The minimum absolute atomic E-state index is 0.281. The molecule has 90 valence electrons. The molecule has 2 aromatic carbocycles. The molecule has 0 bridgehead atoms. The first-order valence-corrected chi connectivity index (χ1v) is 6.19. The van der Waals surface area contributed by atoms with Crippen LogP contribution >= 0.6 is 27.5 Å². The topological polar surface area (TPSA) is 35.8 Å². The maximum atomic E-state index is 13.6. The lowest BCUT2D eigenvalue weighted by atomic mass is 10.2. The Hall–Kier alpha value is -1.57. The van der Waals surface area contributed by atoms with Crippen LogP contribution in [0.2, 0.25) is 5.02 Å². The van der Waals surface area contributed by atoms with Gasteiger partial charge in [0.15, 0.2) is 0 Å². The highest BCUT2D eigenvalue weighted by Crippen LogP contribution is 2.27. The third-order valence-electron chi connectivity index (χ3n) is 2.30. The van der Waals surface area contributed by atoms with Crippen molar-refractivity contribution in [3.63, 3.8) is 0 Å². The normalized spacial score (nSPS) is 9.89. The van der Waals surface area contributed by atoms with Crippen molar-refractivity contribution in [1.29, 1.82) is 5.26 Å². The van der Waals surface area contributed by atoms with E-state index in [2.05, 4.69) is 21.2 Å². The van der Waals surface area contributed by atoms with Gasteiger partial charge < -0.3 is 5.32 Å². The van der Waals surface area contributed by atoms with Gasteiger partial charge in [-0.2, -0.15) is 5.26 Å². The molecule has 0 spiro atoms. The molecule has 0 saturated carbocycles. The van der Waals surface area contributed by atoms with Crippen molar-refractivity contribution in [3.8, 4) is 6.07 Å². The van der Waals surface area contributed by atoms with Crippen LogP contribution in [-0.2, 0) is 0 Å². The van der Waals surface area contributed by atoms with E-state index in [1.165, 1.54) is 6.07 Å². The summed E-state index contributed by atoms with van der Waals surface area (Å²) in [6.45, 7) is 0. The Bertz CT molecular complexity index is 637. The maximum Gasteiger partial charge on any atom is 0.146 e. The fraction of sp³-hybridized carbons (Fsp3) is 0. The number of hydrogen-bond donors (Lipinski definition) is 1. The van der Waals surface area contributed by atoms with Crippen LogP contribution in [0.25, 0.3) is 0 Å². The molecule has 2 rings (SSSR count). The summed E-state index contributed by atoms with van der Waals surface area (Å²) in [5, 5.41) is 12.3. The molecule has 0 aromatic heterocycles. The second-order valence-electron chi connectivity index (χ2n) is 3.55. The lowest BCUT2D eigenvalue weighted by Crippen LogP contribution is -1.96. The zero-order valence-corrected chi connectivity index (χ0v) is 11.4. The summed E-state index contributed by atoms with van der Waals surface area (Å²) < 4.78 is 14.3. The van der Waals surface area contributed by atoms with E-state index in [4.69, 9.17) is 16.9 Å². The van der Waals surface area contributed by atoms with E-state index in [9.17, 15) is 4.39 Å². The van der Waals surface area contributed by atoms with Crippen LogP contribution in [0.3, 0.4) is 0 Å². The van der Waals surface area contributed by atoms with E-state index in [0.29, 0.717) is 16.3 Å². The molecular formula is C13H7BrClFN2. The van der Waals surface area contributed by atoms with Gasteiger partial charge in [0.05, 0.1) is 16.9 Å². The van der Waals surface area contributed by atoms with Crippen LogP contribution < -0.4 is 5.32 Å². The lowest BCUT2D eigenvalue weighted by Gasteiger charge is -2.10. The average molecular weight is 326 g/mol. The Labute approximate surface area is 117 Å². The summed E-state index contributed by atoms with van der Waals surface area (Å²) in [4.78, 5) is 0. The Morgan fingerprint density at radius 2 is 1.94 bits per heavy atom. The molecule has 0 fully saturated rings. The van der Waals surface area contributed by atoms with Crippen LogP contribution in [0, 0.1) is 17.1 Å². The number of anilines is 2.